The molecule has 0 bridgehead atoms. The van der Waals surface area contributed by atoms with Crippen molar-refractivity contribution in [2.24, 2.45) is 0 Å². The second-order valence-corrected chi connectivity index (χ2v) is 6.24. The summed E-state index contributed by atoms with van der Waals surface area (Å²) in [5.41, 5.74) is 0. The molecule has 10 nitrogen and oxygen atoms in total. The average Bonchev–Trinajstić information content (AvgIpc) is 3.04. The average molecular weight is 368 g/mol. The van der Waals surface area contributed by atoms with Crippen LogP contribution in [0.4, 0.5) is 4.79 Å². The Morgan fingerprint density at radius 2 is 1.65 bits per heavy atom. The molecule has 0 radical (unpaired) electrons. The number of hydrogen-bond acceptors (Lipinski definition) is 6. The van der Waals surface area contributed by atoms with Crippen LogP contribution >= 0.6 is 0 Å². The van der Waals surface area contributed by atoms with E-state index >= 15 is 0 Å². The van der Waals surface area contributed by atoms with E-state index in [4.69, 9.17) is 4.74 Å². The molecule has 2 aliphatic rings. The molecular formula is C16H24N4O6. The molecule has 0 saturated carbocycles. The lowest BCUT2D eigenvalue weighted by atomic mass is 10.2. The summed E-state index contributed by atoms with van der Waals surface area (Å²) in [7, 11) is 0. The van der Waals surface area contributed by atoms with Gasteiger partial charge in [0.2, 0.25) is 11.8 Å². The Hall–Kier alpha value is -2.65. The lowest BCUT2D eigenvalue weighted by Crippen LogP contribution is -2.50. The maximum Gasteiger partial charge on any atom is 0.324 e. The van der Waals surface area contributed by atoms with Crippen molar-refractivity contribution < 1.29 is 28.7 Å². The Kier molecular flexibility index (Phi) is 6.53. The molecule has 2 saturated heterocycles. The monoisotopic (exact) mass is 368 g/mol. The van der Waals surface area contributed by atoms with Crippen LogP contribution in [0.2, 0.25) is 0 Å². The molecule has 1 N–H and O–H groups in total. The smallest absolute Gasteiger partial charge is 0.324 e. The van der Waals surface area contributed by atoms with Crippen LogP contribution in [-0.2, 0) is 23.9 Å². The van der Waals surface area contributed by atoms with Gasteiger partial charge < -0.3 is 19.9 Å². The number of carbonyl (C=O) groups is 5. The number of ether oxygens (including phenoxy) is 1. The second-order valence-electron chi connectivity index (χ2n) is 6.24. The van der Waals surface area contributed by atoms with E-state index < -0.39 is 24.0 Å². The van der Waals surface area contributed by atoms with Gasteiger partial charge >= 0.3 is 12.0 Å². The lowest BCUT2D eigenvalue weighted by Gasteiger charge is -2.34. The van der Waals surface area contributed by atoms with Crippen molar-refractivity contribution in [1.82, 2.24) is 20.0 Å². The number of hydrogen-bond donors (Lipinski definition) is 1. The summed E-state index contributed by atoms with van der Waals surface area (Å²) in [6.45, 7) is 5.33. The van der Waals surface area contributed by atoms with E-state index in [0.29, 0.717) is 32.7 Å². The van der Waals surface area contributed by atoms with Crippen LogP contribution in [0.1, 0.15) is 26.7 Å². The second kappa shape index (κ2) is 8.63. The topological polar surface area (TPSA) is 116 Å². The molecule has 1 atom stereocenters. The Bertz CT molecular complexity index is 600. The Morgan fingerprint density at radius 1 is 1.04 bits per heavy atom. The first kappa shape index (κ1) is 19.7. The van der Waals surface area contributed by atoms with E-state index in [1.165, 1.54) is 13.8 Å². The highest BCUT2D eigenvalue weighted by Gasteiger charge is 2.31. The molecule has 0 unspecified atom stereocenters. The zero-order chi connectivity index (χ0) is 19.3. The Morgan fingerprint density at radius 3 is 2.19 bits per heavy atom. The van der Waals surface area contributed by atoms with Gasteiger partial charge in [-0.3, -0.25) is 24.1 Å². The number of imide groups is 1. The molecule has 0 aromatic heterocycles. The molecule has 2 heterocycles. The minimum Gasteiger partial charge on any atom is -0.453 e. The Labute approximate surface area is 151 Å². The molecule has 2 aliphatic heterocycles. The molecule has 26 heavy (non-hydrogen) atoms. The van der Waals surface area contributed by atoms with Gasteiger partial charge in [-0.05, 0) is 6.92 Å². The van der Waals surface area contributed by atoms with Crippen LogP contribution < -0.4 is 5.32 Å². The number of urea groups is 1. The van der Waals surface area contributed by atoms with Crippen molar-refractivity contribution in [3.63, 3.8) is 0 Å². The number of nitrogens with zero attached hydrogens (tertiary/aromatic N) is 3. The molecule has 144 valence electrons. The SMILES string of the molecule is CC(=O)N1CCN(C(=O)CCC(=O)O[C@H](C)C(=O)N2CCNC2=O)CC1. The number of rotatable bonds is 5. The van der Waals surface area contributed by atoms with E-state index in [-0.39, 0.29) is 31.2 Å². The first-order chi connectivity index (χ1) is 12.3. The lowest BCUT2D eigenvalue weighted by molar-refractivity contribution is -0.158. The molecule has 0 aromatic rings. The molecule has 5 amide bonds. The van der Waals surface area contributed by atoms with Crippen LogP contribution in [0.15, 0.2) is 0 Å². The first-order valence-corrected chi connectivity index (χ1v) is 8.61. The molecule has 0 aromatic carbocycles. The minimum absolute atomic E-state index is 0.0222. The highest BCUT2D eigenvalue weighted by Crippen LogP contribution is 2.08. The van der Waals surface area contributed by atoms with Crippen molar-refractivity contribution in [1.29, 1.82) is 0 Å². The highest BCUT2D eigenvalue weighted by molar-refractivity contribution is 5.98. The van der Waals surface area contributed by atoms with Crippen molar-refractivity contribution in [3.8, 4) is 0 Å². The van der Waals surface area contributed by atoms with E-state index in [1.807, 2.05) is 0 Å². The normalized spacial score (nSPS) is 18.4. The molecule has 10 heteroatoms. The number of carbonyl (C=O) groups excluding carboxylic acids is 5. The van der Waals surface area contributed by atoms with Gasteiger partial charge in [0.25, 0.3) is 5.91 Å². The fourth-order valence-corrected chi connectivity index (χ4v) is 2.85. The van der Waals surface area contributed by atoms with E-state index in [2.05, 4.69) is 5.32 Å². The standard InChI is InChI=1S/C16H24N4O6/c1-11(15(24)20-6-5-17-16(20)25)26-14(23)4-3-13(22)19-9-7-18(8-10-19)12(2)21/h11H,3-10H2,1-2H3,(H,17,25)/t11-/m1/s1. The van der Waals surface area contributed by atoms with Crippen LogP contribution in [0.5, 0.6) is 0 Å². The zero-order valence-electron chi connectivity index (χ0n) is 15.0. The quantitative estimate of drug-likeness (QED) is 0.619. The van der Waals surface area contributed by atoms with Gasteiger partial charge in [0, 0.05) is 52.6 Å². The van der Waals surface area contributed by atoms with Crippen LogP contribution in [0.25, 0.3) is 0 Å². The largest absolute Gasteiger partial charge is 0.453 e. The number of amides is 5. The van der Waals surface area contributed by atoms with Crippen LogP contribution in [0, 0.1) is 0 Å². The third kappa shape index (κ3) is 4.93. The van der Waals surface area contributed by atoms with Crippen molar-refractivity contribution in [2.45, 2.75) is 32.8 Å². The third-order valence-electron chi connectivity index (χ3n) is 4.40. The highest BCUT2D eigenvalue weighted by atomic mass is 16.5. The fraction of sp³-hybridized carbons (Fsp3) is 0.688. The predicted octanol–water partition coefficient (Wildman–Crippen LogP) is -1.06. The summed E-state index contributed by atoms with van der Waals surface area (Å²) in [6, 6.07) is -0.502. The van der Waals surface area contributed by atoms with Gasteiger partial charge in [0.1, 0.15) is 0 Å². The molecular weight excluding hydrogens is 344 g/mol. The summed E-state index contributed by atoms with van der Waals surface area (Å²) in [4.78, 5) is 63.0. The van der Waals surface area contributed by atoms with Gasteiger partial charge in [-0.25, -0.2) is 4.79 Å². The number of nitrogens with one attached hydrogen (secondary N) is 1. The first-order valence-electron chi connectivity index (χ1n) is 8.61. The predicted molar refractivity (Wildman–Crippen MR) is 88.7 cm³/mol. The van der Waals surface area contributed by atoms with E-state index in [1.54, 1.807) is 9.80 Å². The maximum absolute atomic E-state index is 12.1. The van der Waals surface area contributed by atoms with Crippen molar-refractivity contribution in [2.75, 3.05) is 39.3 Å². The fourth-order valence-electron chi connectivity index (χ4n) is 2.85. The molecule has 0 spiro atoms. The minimum atomic E-state index is -1.08. The van der Waals surface area contributed by atoms with Crippen molar-refractivity contribution in [3.05, 3.63) is 0 Å². The zero-order valence-corrected chi connectivity index (χ0v) is 15.0. The van der Waals surface area contributed by atoms with Crippen LogP contribution in [-0.4, -0.2) is 89.8 Å². The van der Waals surface area contributed by atoms with E-state index in [9.17, 15) is 24.0 Å². The van der Waals surface area contributed by atoms with E-state index in [0.717, 1.165) is 4.90 Å². The summed E-state index contributed by atoms with van der Waals surface area (Å²) >= 11 is 0. The summed E-state index contributed by atoms with van der Waals surface area (Å²) in [5, 5.41) is 2.50. The number of piperazine rings is 1. The molecule has 0 aliphatic carbocycles. The van der Waals surface area contributed by atoms with Crippen molar-refractivity contribution >= 4 is 29.7 Å². The Balaban J connectivity index is 1.71. The maximum atomic E-state index is 12.1. The van der Waals surface area contributed by atoms with Crippen LogP contribution in [0.3, 0.4) is 0 Å². The summed E-state index contributed by atoms with van der Waals surface area (Å²) in [6.07, 6.45) is -1.25. The van der Waals surface area contributed by atoms with Gasteiger partial charge in [-0.15, -0.1) is 0 Å². The van der Waals surface area contributed by atoms with Gasteiger partial charge in [-0.2, -0.15) is 0 Å². The summed E-state index contributed by atoms with van der Waals surface area (Å²) in [5.74, 6) is -1.46. The number of esters is 1. The van der Waals surface area contributed by atoms with Gasteiger partial charge in [0.15, 0.2) is 6.10 Å². The summed E-state index contributed by atoms with van der Waals surface area (Å²) < 4.78 is 5.03. The molecule has 2 rings (SSSR count). The molecule has 2 fully saturated rings. The van der Waals surface area contributed by atoms with Gasteiger partial charge in [-0.1, -0.05) is 0 Å². The third-order valence-corrected chi connectivity index (χ3v) is 4.40. The van der Waals surface area contributed by atoms with Gasteiger partial charge in [0.05, 0.1) is 6.42 Å².